The molecule has 3 aromatic rings. The molecule has 2 aliphatic carbocycles. The normalized spacial score (nSPS) is 21.1. The van der Waals surface area contributed by atoms with E-state index in [0.717, 1.165) is 61.4 Å². The van der Waals surface area contributed by atoms with Crippen molar-refractivity contribution in [3.63, 3.8) is 0 Å². The molecular formula is C29H39N5O2S. The fourth-order valence-corrected chi connectivity index (χ4v) is 6.85. The van der Waals surface area contributed by atoms with E-state index in [1.165, 1.54) is 32.1 Å². The second-order valence-electron chi connectivity index (χ2n) is 10.7. The summed E-state index contributed by atoms with van der Waals surface area (Å²) in [5.41, 5.74) is 0.959. The van der Waals surface area contributed by atoms with E-state index in [1.54, 1.807) is 24.3 Å². The Morgan fingerprint density at radius 2 is 1.30 bits per heavy atom. The summed E-state index contributed by atoms with van der Waals surface area (Å²) in [4.78, 5) is 9.97. The van der Waals surface area contributed by atoms with Gasteiger partial charge in [-0.05, 0) is 80.5 Å². The maximum absolute atomic E-state index is 12.5. The summed E-state index contributed by atoms with van der Waals surface area (Å²) >= 11 is 0. The van der Waals surface area contributed by atoms with Crippen LogP contribution in [0, 0.1) is 17.8 Å². The number of hydrogen-bond acceptors (Lipinski definition) is 6. The van der Waals surface area contributed by atoms with Gasteiger partial charge in [0.1, 0.15) is 5.82 Å². The van der Waals surface area contributed by atoms with Gasteiger partial charge in [-0.2, -0.15) is 4.98 Å². The van der Waals surface area contributed by atoms with Gasteiger partial charge in [0.05, 0.1) is 10.4 Å². The first-order valence-corrected chi connectivity index (χ1v) is 15.3. The van der Waals surface area contributed by atoms with E-state index >= 15 is 0 Å². The summed E-state index contributed by atoms with van der Waals surface area (Å²) in [5.74, 6) is 3.25. The zero-order valence-electron chi connectivity index (χ0n) is 21.5. The highest BCUT2D eigenvalue weighted by atomic mass is 32.2. The second kappa shape index (κ2) is 12.2. The Labute approximate surface area is 220 Å². The van der Waals surface area contributed by atoms with Crippen molar-refractivity contribution in [3.05, 3.63) is 54.6 Å². The average molecular weight is 522 g/mol. The molecule has 3 N–H and O–H groups in total. The quantitative estimate of drug-likeness (QED) is 0.311. The number of aromatic nitrogens is 2. The van der Waals surface area contributed by atoms with Crippen molar-refractivity contribution in [3.8, 4) is 0 Å². The van der Waals surface area contributed by atoms with Crippen LogP contribution in [0.3, 0.4) is 0 Å². The van der Waals surface area contributed by atoms with Gasteiger partial charge in [-0.25, -0.2) is 18.1 Å². The highest BCUT2D eigenvalue weighted by Gasteiger charge is 2.23. The standard InChI is InChI=1S/C29H39N5O2S/c35-37(36,25-11-5-2-6-12-25)32-21-24-17-15-23(16-18-24)20-31-29-33-27-14-8-7-13-26(27)28(34-29)30-19-22-9-3-1-4-10-22/h2,5-8,11-14,22-24,32H,1,3-4,9-10,15-21H2,(H2,30,31,33,34). The Hall–Kier alpha value is -2.71. The zero-order chi connectivity index (χ0) is 25.5. The van der Waals surface area contributed by atoms with Crippen molar-refractivity contribution in [1.82, 2.24) is 14.7 Å². The van der Waals surface area contributed by atoms with Crippen LogP contribution in [0.4, 0.5) is 11.8 Å². The third kappa shape index (κ3) is 6.99. The molecule has 1 aromatic heterocycles. The van der Waals surface area contributed by atoms with Crippen LogP contribution < -0.4 is 15.4 Å². The molecule has 0 bridgehead atoms. The molecule has 2 aliphatic rings. The van der Waals surface area contributed by atoms with Crippen LogP contribution >= 0.6 is 0 Å². The van der Waals surface area contributed by atoms with Crippen LogP contribution in [0.25, 0.3) is 10.9 Å². The Morgan fingerprint density at radius 3 is 2.05 bits per heavy atom. The largest absolute Gasteiger partial charge is 0.369 e. The number of sulfonamides is 1. The number of para-hydroxylation sites is 1. The minimum Gasteiger partial charge on any atom is -0.369 e. The molecule has 198 valence electrons. The molecule has 0 spiro atoms. The summed E-state index contributed by atoms with van der Waals surface area (Å²) in [6.45, 7) is 2.31. The maximum Gasteiger partial charge on any atom is 0.240 e. The monoisotopic (exact) mass is 521 g/mol. The molecule has 0 atom stereocenters. The minimum absolute atomic E-state index is 0.330. The van der Waals surface area contributed by atoms with Crippen molar-refractivity contribution in [1.29, 1.82) is 0 Å². The third-order valence-corrected chi connectivity index (χ3v) is 9.46. The van der Waals surface area contributed by atoms with Gasteiger partial charge in [0, 0.05) is 25.0 Å². The summed E-state index contributed by atoms with van der Waals surface area (Å²) in [6.07, 6.45) is 10.8. The topological polar surface area (TPSA) is 96.0 Å². The van der Waals surface area contributed by atoms with Crippen LogP contribution in [0.2, 0.25) is 0 Å². The summed E-state index contributed by atoms with van der Waals surface area (Å²) < 4.78 is 27.8. The SMILES string of the molecule is O=S(=O)(NCC1CCC(CNc2nc(NCC3CCCCC3)c3ccccc3n2)CC1)c1ccccc1. The van der Waals surface area contributed by atoms with Gasteiger partial charge < -0.3 is 10.6 Å². The van der Waals surface area contributed by atoms with E-state index in [1.807, 2.05) is 18.2 Å². The lowest BCUT2D eigenvalue weighted by molar-refractivity contribution is 0.284. The highest BCUT2D eigenvalue weighted by molar-refractivity contribution is 7.89. The molecule has 2 fully saturated rings. The van der Waals surface area contributed by atoms with Crippen molar-refractivity contribution in [2.24, 2.45) is 17.8 Å². The predicted molar refractivity (Wildman–Crippen MR) is 150 cm³/mol. The summed E-state index contributed by atoms with van der Waals surface area (Å²) in [7, 11) is -3.44. The number of nitrogens with zero attached hydrogens (tertiary/aromatic N) is 2. The number of hydrogen-bond donors (Lipinski definition) is 3. The number of anilines is 2. The molecule has 7 nitrogen and oxygen atoms in total. The molecule has 8 heteroatoms. The molecule has 0 radical (unpaired) electrons. The maximum atomic E-state index is 12.5. The first kappa shape index (κ1) is 25.9. The lowest BCUT2D eigenvalue weighted by atomic mass is 9.82. The molecule has 37 heavy (non-hydrogen) atoms. The van der Waals surface area contributed by atoms with Crippen molar-refractivity contribution >= 4 is 32.7 Å². The van der Waals surface area contributed by atoms with Crippen LogP contribution in [0.15, 0.2) is 59.5 Å². The van der Waals surface area contributed by atoms with E-state index in [4.69, 9.17) is 9.97 Å². The van der Waals surface area contributed by atoms with Crippen LogP contribution in [0.1, 0.15) is 57.8 Å². The zero-order valence-corrected chi connectivity index (χ0v) is 22.3. The number of benzene rings is 2. The van der Waals surface area contributed by atoms with Gasteiger partial charge in [0.25, 0.3) is 0 Å². The van der Waals surface area contributed by atoms with E-state index in [0.29, 0.717) is 29.2 Å². The van der Waals surface area contributed by atoms with E-state index in [-0.39, 0.29) is 0 Å². The molecule has 5 rings (SSSR count). The van der Waals surface area contributed by atoms with Crippen LogP contribution in [0.5, 0.6) is 0 Å². The fourth-order valence-electron chi connectivity index (χ4n) is 5.71. The van der Waals surface area contributed by atoms with Crippen LogP contribution in [-0.4, -0.2) is 38.0 Å². The average Bonchev–Trinajstić information content (AvgIpc) is 2.95. The van der Waals surface area contributed by atoms with Crippen molar-refractivity contribution in [2.45, 2.75) is 62.7 Å². The molecule has 0 saturated heterocycles. The first-order chi connectivity index (χ1) is 18.1. The lowest BCUT2D eigenvalue weighted by Gasteiger charge is -2.28. The van der Waals surface area contributed by atoms with Gasteiger partial charge >= 0.3 is 0 Å². The predicted octanol–water partition coefficient (Wildman–Crippen LogP) is 5.82. The van der Waals surface area contributed by atoms with Gasteiger partial charge in [0.2, 0.25) is 16.0 Å². The van der Waals surface area contributed by atoms with Gasteiger partial charge in [-0.15, -0.1) is 0 Å². The summed E-state index contributed by atoms with van der Waals surface area (Å²) in [5, 5.41) is 8.21. The first-order valence-electron chi connectivity index (χ1n) is 13.9. The van der Waals surface area contributed by atoms with E-state index in [2.05, 4.69) is 27.5 Å². The summed E-state index contributed by atoms with van der Waals surface area (Å²) in [6, 6.07) is 16.8. The molecule has 1 heterocycles. The highest BCUT2D eigenvalue weighted by Crippen LogP contribution is 2.30. The van der Waals surface area contributed by atoms with Crippen LogP contribution in [-0.2, 0) is 10.0 Å². The number of nitrogens with one attached hydrogen (secondary N) is 3. The van der Waals surface area contributed by atoms with Crippen molar-refractivity contribution < 1.29 is 8.42 Å². The van der Waals surface area contributed by atoms with Crippen molar-refractivity contribution in [2.75, 3.05) is 30.3 Å². The molecular weight excluding hydrogens is 482 g/mol. The third-order valence-electron chi connectivity index (χ3n) is 8.02. The van der Waals surface area contributed by atoms with Gasteiger partial charge in [-0.1, -0.05) is 49.6 Å². The Balaban J connectivity index is 1.12. The Bertz CT molecular complexity index is 1250. The number of fused-ring (bicyclic) bond motifs is 1. The smallest absolute Gasteiger partial charge is 0.240 e. The molecule has 0 amide bonds. The van der Waals surface area contributed by atoms with Gasteiger partial charge in [-0.3, -0.25) is 0 Å². The molecule has 0 unspecified atom stereocenters. The fraction of sp³-hybridized carbons (Fsp3) is 0.517. The lowest BCUT2D eigenvalue weighted by Crippen LogP contribution is -2.32. The Morgan fingerprint density at radius 1 is 0.676 bits per heavy atom. The molecule has 0 aliphatic heterocycles. The molecule has 2 saturated carbocycles. The molecule has 2 aromatic carbocycles. The van der Waals surface area contributed by atoms with E-state index in [9.17, 15) is 8.42 Å². The Kier molecular flexibility index (Phi) is 8.56. The number of rotatable bonds is 10. The second-order valence-corrected chi connectivity index (χ2v) is 12.5. The van der Waals surface area contributed by atoms with E-state index < -0.39 is 10.0 Å². The van der Waals surface area contributed by atoms with Gasteiger partial charge in [0.15, 0.2) is 0 Å². The minimum atomic E-state index is -3.44.